The van der Waals surface area contributed by atoms with Gasteiger partial charge in [-0.3, -0.25) is 14.5 Å². The molecule has 1 aliphatic heterocycles. The Balaban J connectivity index is 1.88. The molecule has 1 aromatic carbocycles. The van der Waals surface area contributed by atoms with Crippen LogP contribution in [-0.2, 0) is 9.53 Å². The van der Waals surface area contributed by atoms with Gasteiger partial charge in [0.25, 0.3) is 5.91 Å². The fourth-order valence-corrected chi connectivity index (χ4v) is 2.82. The Morgan fingerprint density at radius 1 is 1.27 bits per heavy atom. The van der Waals surface area contributed by atoms with Crippen LogP contribution >= 0.6 is 0 Å². The zero-order valence-corrected chi connectivity index (χ0v) is 15.1. The van der Waals surface area contributed by atoms with Gasteiger partial charge in [0.05, 0.1) is 12.6 Å². The molecule has 6 nitrogen and oxygen atoms in total. The Bertz CT molecular complexity index is 629. The predicted octanol–water partition coefficient (Wildman–Crippen LogP) is 2.21. The van der Waals surface area contributed by atoms with Gasteiger partial charge in [0.1, 0.15) is 0 Å². The highest BCUT2D eigenvalue weighted by Crippen LogP contribution is 2.13. The van der Waals surface area contributed by atoms with Gasteiger partial charge in [-0.05, 0) is 31.0 Å². The van der Waals surface area contributed by atoms with Crippen LogP contribution in [0.25, 0.3) is 0 Å². The van der Waals surface area contributed by atoms with E-state index < -0.39 is 0 Å². The van der Waals surface area contributed by atoms with Gasteiger partial charge in [0.15, 0.2) is 0 Å². The molecule has 1 unspecified atom stereocenters. The zero-order valence-electron chi connectivity index (χ0n) is 15.1. The largest absolute Gasteiger partial charge is 0.376 e. The highest BCUT2D eigenvalue weighted by molar-refractivity contribution is 5.97. The molecule has 0 radical (unpaired) electrons. The molecule has 26 heavy (non-hydrogen) atoms. The summed E-state index contributed by atoms with van der Waals surface area (Å²) in [5.41, 5.74) is 1.10. The number of nitrogens with one attached hydrogen (secondary N) is 2. The Labute approximate surface area is 154 Å². The van der Waals surface area contributed by atoms with Crippen molar-refractivity contribution in [1.82, 2.24) is 10.2 Å². The molecule has 1 fully saturated rings. The third-order valence-corrected chi connectivity index (χ3v) is 4.06. The van der Waals surface area contributed by atoms with Gasteiger partial charge in [0, 0.05) is 37.5 Å². The highest BCUT2D eigenvalue weighted by Gasteiger charge is 2.17. The van der Waals surface area contributed by atoms with Gasteiger partial charge in [-0.25, -0.2) is 0 Å². The summed E-state index contributed by atoms with van der Waals surface area (Å²) in [5.74, 6) is -0.317. The Morgan fingerprint density at radius 3 is 2.69 bits per heavy atom. The summed E-state index contributed by atoms with van der Waals surface area (Å²) in [6.45, 7) is 10.1. The van der Waals surface area contributed by atoms with E-state index in [0.29, 0.717) is 30.9 Å². The lowest BCUT2D eigenvalue weighted by atomic mass is 10.1. The van der Waals surface area contributed by atoms with Crippen molar-refractivity contribution in [2.45, 2.75) is 18.9 Å². The molecule has 0 aromatic heterocycles. The second-order valence-electron chi connectivity index (χ2n) is 6.25. The van der Waals surface area contributed by atoms with Gasteiger partial charge in [-0.2, -0.15) is 0 Å². The fourth-order valence-electron chi connectivity index (χ4n) is 2.82. The third kappa shape index (κ3) is 6.46. The minimum atomic E-state index is -0.170. The van der Waals surface area contributed by atoms with Crippen LogP contribution in [0.5, 0.6) is 0 Å². The SMILES string of the molecule is C=CCN(CC=C)CC(=O)Nc1cccc(C(=O)NCC2CCCO2)c1. The minimum Gasteiger partial charge on any atom is -0.376 e. The predicted molar refractivity (Wildman–Crippen MR) is 103 cm³/mol. The number of carbonyl (C=O) groups is 2. The molecule has 6 heteroatoms. The van der Waals surface area contributed by atoms with Gasteiger partial charge in [-0.15, -0.1) is 13.2 Å². The van der Waals surface area contributed by atoms with Crippen LogP contribution < -0.4 is 10.6 Å². The van der Waals surface area contributed by atoms with Crippen LogP contribution in [0.15, 0.2) is 49.6 Å². The van der Waals surface area contributed by atoms with Crippen LogP contribution in [0.1, 0.15) is 23.2 Å². The second-order valence-corrected chi connectivity index (χ2v) is 6.25. The molecule has 1 atom stereocenters. The minimum absolute atomic E-state index is 0.0996. The zero-order chi connectivity index (χ0) is 18.8. The Morgan fingerprint density at radius 2 is 2.04 bits per heavy atom. The summed E-state index contributed by atoms with van der Waals surface area (Å²) < 4.78 is 5.50. The van der Waals surface area contributed by atoms with Crippen LogP contribution in [-0.4, -0.2) is 55.6 Å². The Kier molecular flexibility index (Phi) is 8.05. The maximum Gasteiger partial charge on any atom is 0.251 e. The molecule has 1 heterocycles. The van der Waals surface area contributed by atoms with E-state index in [0.717, 1.165) is 19.4 Å². The fraction of sp³-hybridized carbons (Fsp3) is 0.400. The van der Waals surface area contributed by atoms with E-state index in [1.165, 1.54) is 0 Å². The number of nitrogens with zero attached hydrogens (tertiary/aromatic N) is 1. The third-order valence-electron chi connectivity index (χ3n) is 4.06. The van der Waals surface area contributed by atoms with Crippen molar-refractivity contribution in [2.75, 3.05) is 38.1 Å². The summed E-state index contributed by atoms with van der Waals surface area (Å²) in [6.07, 6.45) is 5.60. The molecule has 0 spiro atoms. The van der Waals surface area contributed by atoms with Crippen molar-refractivity contribution in [2.24, 2.45) is 0 Å². The summed E-state index contributed by atoms with van der Waals surface area (Å²) in [6, 6.07) is 6.91. The van der Waals surface area contributed by atoms with E-state index in [9.17, 15) is 9.59 Å². The first-order valence-electron chi connectivity index (χ1n) is 8.86. The van der Waals surface area contributed by atoms with Crippen molar-refractivity contribution in [3.8, 4) is 0 Å². The first-order valence-corrected chi connectivity index (χ1v) is 8.86. The van der Waals surface area contributed by atoms with Gasteiger partial charge in [0.2, 0.25) is 5.91 Å². The van der Waals surface area contributed by atoms with E-state index in [-0.39, 0.29) is 24.5 Å². The maximum absolute atomic E-state index is 12.3. The first kappa shape index (κ1) is 19.9. The molecule has 2 N–H and O–H groups in total. The molecular weight excluding hydrogens is 330 g/mol. The van der Waals surface area contributed by atoms with Crippen LogP contribution in [0.4, 0.5) is 5.69 Å². The summed E-state index contributed by atoms with van der Waals surface area (Å²) in [4.78, 5) is 26.4. The van der Waals surface area contributed by atoms with E-state index in [4.69, 9.17) is 4.74 Å². The smallest absolute Gasteiger partial charge is 0.251 e. The molecule has 1 saturated heterocycles. The van der Waals surface area contributed by atoms with Gasteiger partial charge < -0.3 is 15.4 Å². The second kappa shape index (κ2) is 10.5. The number of rotatable bonds is 10. The lowest BCUT2D eigenvalue weighted by Gasteiger charge is -2.18. The molecule has 0 bridgehead atoms. The van der Waals surface area contributed by atoms with Crippen LogP contribution in [0, 0.1) is 0 Å². The van der Waals surface area contributed by atoms with E-state index in [1.54, 1.807) is 36.4 Å². The molecule has 0 aliphatic carbocycles. The van der Waals surface area contributed by atoms with Gasteiger partial charge in [-0.1, -0.05) is 18.2 Å². The quantitative estimate of drug-likeness (QED) is 0.630. The molecule has 0 saturated carbocycles. The van der Waals surface area contributed by atoms with Crippen molar-refractivity contribution < 1.29 is 14.3 Å². The lowest BCUT2D eigenvalue weighted by molar-refractivity contribution is -0.117. The molecule has 140 valence electrons. The number of amides is 2. The summed E-state index contributed by atoms with van der Waals surface area (Å²) >= 11 is 0. The molecule has 1 aliphatic rings. The van der Waals surface area contributed by atoms with Gasteiger partial charge >= 0.3 is 0 Å². The number of ether oxygens (including phenoxy) is 1. The summed E-state index contributed by atoms with van der Waals surface area (Å²) in [7, 11) is 0. The average molecular weight is 357 g/mol. The maximum atomic E-state index is 12.3. The van der Waals surface area contributed by atoms with Crippen molar-refractivity contribution in [1.29, 1.82) is 0 Å². The molecule has 1 aromatic rings. The number of anilines is 1. The normalized spacial score (nSPS) is 16.3. The van der Waals surface area contributed by atoms with E-state index in [1.807, 2.05) is 4.90 Å². The summed E-state index contributed by atoms with van der Waals surface area (Å²) in [5, 5.41) is 5.71. The van der Waals surface area contributed by atoms with Crippen molar-refractivity contribution in [3.05, 3.63) is 55.1 Å². The number of hydrogen-bond donors (Lipinski definition) is 2. The molecule has 2 rings (SSSR count). The first-order chi connectivity index (χ1) is 12.6. The number of benzene rings is 1. The van der Waals surface area contributed by atoms with Crippen LogP contribution in [0.3, 0.4) is 0 Å². The average Bonchev–Trinajstić information content (AvgIpc) is 3.14. The van der Waals surface area contributed by atoms with E-state index in [2.05, 4.69) is 23.8 Å². The number of carbonyl (C=O) groups excluding carboxylic acids is 2. The number of hydrogen-bond acceptors (Lipinski definition) is 4. The molecular formula is C20H27N3O3. The van der Waals surface area contributed by atoms with E-state index >= 15 is 0 Å². The highest BCUT2D eigenvalue weighted by atomic mass is 16.5. The van der Waals surface area contributed by atoms with Crippen LogP contribution in [0.2, 0.25) is 0 Å². The monoisotopic (exact) mass is 357 g/mol. The molecule has 2 amide bonds. The Hall–Kier alpha value is -2.44. The topological polar surface area (TPSA) is 70.7 Å². The van der Waals surface area contributed by atoms with Crippen molar-refractivity contribution >= 4 is 17.5 Å². The standard InChI is InChI=1S/C20H27N3O3/c1-3-10-23(11-4-2)15-19(24)22-17-8-5-7-16(13-17)20(25)21-14-18-9-6-12-26-18/h3-5,7-8,13,18H,1-2,6,9-12,14-15H2,(H,21,25)(H,22,24). The van der Waals surface area contributed by atoms with Crippen molar-refractivity contribution in [3.63, 3.8) is 0 Å². The lowest BCUT2D eigenvalue weighted by Crippen LogP contribution is -2.33.